The first-order valence-electron chi connectivity index (χ1n) is 8.36. The highest BCUT2D eigenvalue weighted by Gasteiger charge is 2.20. The van der Waals surface area contributed by atoms with Crippen molar-refractivity contribution in [3.8, 4) is 0 Å². The molecule has 0 atom stereocenters. The van der Waals surface area contributed by atoms with Gasteiger partial charge in [-0.1, -0.05) is 49.3 Å². The molecule has 2 aromatic rings. The largest absolute Gasteiger partial charge is 0.361 e. The van der Waals surface area contributed by atoms with Gasteiger partial charge < -0.3 is 15.2 Å². The molecule has 0 bridgehead atoms. The lowest BCUT2D eigenvalue weighted by Gasteiger charge is -2.26. The van der Waals surface area contributed by atoms with E-state index in [1.807, 2.05) is 19.9 Å². The molecule has 0 saturated heterocycles. The smallest absolute Gasteiger partial charge is 0.191 e. The standard InChI is InChI=1S/C19H28N4O/c1-14-17(15(2)24-23-14)11-12-21-18(20-5)22-13-19(3,4)16-9-7-6-8-10-16/h6-10H,11-13H2,1-5H3,(H2,20,21,22). The Morgan fingerprint density at radius 3 is 2.46 bits per heavy atom. The molecule has 1 aromatic heterocycles. The Morgan fingerprint density at radius 2 is 1.88 bits per heavy atom. The maximum absolute atomic E-state index is 5.20. The fourth-order valence-corrected chi connectivity index (χ4v) is 2.68. The monoisotopic (exact) mass is 328 g/mol. The molecule has 130 valence electrons. The number of nitrogens with zero attached hydrogens (tertiary/aromatic N) is 2. The van der Waals surface area contributed by atoms with Crippen molar-refractivity contribution < 1.29 is 4.52 Å². The van der Waals surface area contributed by atoms with Crippen LogP contribution in [0.2, 0.25) is 0 Å². The number of nitrogens with one attached hydrogen (secondary N) is 2. The molecular formula is C19H28N4O. The molecule has 5 nitrogen and oxygen atoms in total. The lowest BCUT2D eigenvalue weighted by Crippen LogP contribution is -2.44. The Kier molecular flexibility index (Phi) is 6.01. The van der Waals surface area contributed by atoms with Crippen LogP contribution in [0.3, 0.4) is 0 Å². The molecule has 2 rings (SSSR count). The number of aliphatic imine (C=N–C) groups is 1. The van der Waals surface area contributed by atoms with Gasteiger partial charge in [-0.2, -0.15) is 0 Å². The number of hydrogen-bond acceptors (Lipinski definition) is 3. The van der Waals surface area contributed by atoms with Crippen molar-refractivity contribution in [2.45, 2.75) is 39.5 Å². The van der Waals surface area contributed by atoms with E-state index in [9.17, 15) is 0 Å². The molecule has 24 heavy (non-hydrogen) atoms. The molecular weight excluding hydrogens is 300 g/mol. The summed E-state index contributed by atoms with van der Waals surface area (Å²) in [6.07, 6.45) is 0.865. The Hall–Kier alpha value is -2.30. The third-order valence-electron chi connectivity index (χ3n) is 4.33. The summed E-state index contributed by atoms with van der Waals surface area (Å²) in [4.78, 5) is 4.30. The minimum Gasteiger partial charge on any atom is -0.361 e. The first-order chi connectivity index (χ1) is 11.4. The van der Waals surface area contributed by atoms with Crippen LogP contribution < -0.4 is 10.6 Å². The highest BCUT2D eigenvalue weighted by atomic mass is 16.5. The number of guanidine groups is 1. The predicted molar refractivity (Wildman–Crippen MR) is 98.5 cm³/mol. The van der Waals surface area contributed by atoms with Gasteiger partial charge >= 0.3 is 0 Å². The van der Waals surface area contributed by atoms with E-state index in [2.05, 4.69) is 58.9 Å². The van der Waals surface area contributed by atoms with Gasteiger partial charge in [-0.15, -0.1) is 0 Å². The minimum absolute atomic E-state index is 0.0283. The van der Waals surface area contributed by atoms with Crippen molar-refractivity contribution in [1.82, 2.24) is 15.8 Å². The topological polar surface area (TPSA) is 62.5 Å². The number of benzene rings is 1. The summed E-state index contributed by atoms with van der Waals surface area (Å²) in [7, 11) is 1.79. The predicted octanol–water partition coefficient (Wildman–Crippen LogP) is 2.98. The lowest BCUT2D eigenvalue weighted by molar-refractivity contribution is 0.392. The summed E-state index contributed by atoms with van der Waals surface area (Å²) in [5.41, 5.74) is 3.47. The average molecular weight is 328 g/mol. The highest BCUT2D eigenvalue weighted by molar-refractivity contribution is 5.79. The Labute approximate surface area is 144 Å². The summed E-state index contributed by atoms with van der Waals surface area (Å²) in [5.74, 6) is 1.70. The SMILES string of the molecule is CN=C(NCCc1c(C)noc1C)NCC(C)(C)c1ccccc1. The van der Waals surface area contributed by atoms with Crippen LogP contribution in [0.1, 0.15) is 36.4 Å². The summed E-state index contributed by atoms with van der Waals surface area (Å²) in [6.45, 7) is 9.97. The zero-order chi connectivity index (χ0) is 17.6. The number of aryl methyl sites for hydroxylation is 2. The van der Waals surface area contributed by atoms with E-state index < -0.39 is 0 Å². The van der Waals surface area contributed by atoms with Crippen molar-refractivity contribution in [2.75, 3.05) is 20.1 Å². The van der Waals surface area contributed by atoms with E-state index in [1.165, 1.54) is 11.1 Å². The molecule has 0 spiro atoms. The van der Waals surface area contributed by atoms with Crippen LogP contribution in [0.5, 0.6) is 0 Å². The molecule has 0 fully saturated rings. The summed E-state index contributed by atoms with van der Waals surface area (Å²) in [5, 5.41) is 10.8. The van der Waals surface area contributed by atoms with Crippen LogP contribution in [0, 0.1) is 13.8 Å². The first kappa shape index (κ1) is 18.0. The van der Waals surface area contributed by atoms with Gasteiger partial charge in [0.25, 0.3) is 0 Å². The molecule has 5 heteroatoms. The van der Waals surface area contributed by atoms with Gasteiger partial charge in [0.1, 0.15) is 5.76 Å². The quantitative estimate of drug-likeness (QED) is 0.632. The number of aromatic nitrogens is 1. The van der Waals surface area contributed by atoms with Crippen molar-refractivity contribution in [3.05, 3.63) is 52.9 Å². The van der Waals surface area contributed by atoms with Crippen LogP contribution in [0.4, 0.5) is 0 Å². The van der Waals surface area contributed by atoms with E-state index in [0.717, 1.165) is 36.9 Å². The average Bonchev–Trinajstić information content (AvgIpc) is 2.90. The normalized spacial score (nSPS) is 12.3. The lowest BCUT2D eigenvalue weighted by atomic mass is 9.85. The van der Waals surface area contributed by atoms with Crippen molar-refractivity contribution in [2.24, 2.45) is 4.99 Å². The fraction of sp³-hybridized carbons (Fsp3) is 0.474. The molecule has 1 heterocycles. The van der Waals surface area contributed by atoms with E-state index in [-0.39, 0.29) is 5.41 Å². The van der Waals surface area contributed by atoms with E-state index in [1.54, 1.807) is 7.05 Å². The Bertz CT molecular complexity index is 654. The van der Waals surface area contributed by atoms with E-state index in [0.29, 0.717) is 0 Å². The van der Waals surface area contributed by atoms with Gasteiger partial charge in [0.2, 0.25) is 0 Å². The summed E-state index contributed by atoms with van der Waals surface area (Å²) < 4.78 is 5.20. The second kappa shape index (κ2) is 7.99. The number of hydrogen-bond donors (Lipinski definition) is 2. The van der Waals surface area contributed by atoms with Gasteiger partial charge in [0, 0.05) is 31.1 Å². The zero-order valence-electron chi connectivity index (χ0n) is 15.3. The molecule has 0 aliphatic heterocycles. The van der Waals surface area contributed by atoms with Gasteiger partial charge in [0.15, 0.2) is 5.96 Å². The van der Waals surface area contributed by atoms with Crippen LogP contribution in [-0.2, 0) is 11.8 Å². The first-order valence-corrected chi connectivity index (χ1v) is 8.36. The highest BCUT2D eigenvalue weighted by Crippen LogP contribution is 2.21. The van der Waals surface area contributed by atoms with Crippen LogP contribution in [0.15, 0.2) is 39.8 Å². The molecule has 0 amide bonds. The molecule has 0 aliphatic rings. The van der Waals surface area contributed by atoms with E-state index in [4.69, 9.17) is 4.52 Å². The molecule has 1 aromatic carbocycles. The van der Waals surface area contributed by atoms with Crippen LogP contribution in [-0.4, -0.2) is 31.3 Å². The zero-order valence-corrected chi connectivity index (χ0v) is 15.3. The molecule has 0 saturated carbocycles. The maximum Gasteiger partial charge on any atom is 0.191 e. The molecule has 0 unspecified atom stereocenters. The second-order valence-corrected chi connectivity index (χ2v) is 6.66. The fourth-order valence-electron chi connectivity index (χ4n) is 2.68. The van der Waals surface area contributed by atoms with Gasteiger partial charge in [-0.05, 0) is 25.8 Å². The second-order valence-electron chi connectivity index (χ2n) is 6.66. The van der Waals surface area contributed by atoms with Gasteiger partial charge in [-0.3, -0.25) is 4.99 Å². The third kappa shape index (κ3) is 4.60. The van der Waals surface area contributed by atoms with Gasteiger partial charge in [-0.25, -0.2) is 0 Å². The van der Waals surface area contributed by atoms with Crippen molar-refractivity contribution >= 4 is 5.96 Å². The third-order valence-corrected chi connectivity index (χ3v) is 4.33. The number of rotatable bonds is 6. The minimum atomic E-state index is 0.0283. The molecule has 0 radical (unpaired) electrons. The van der Waals surface area contributed by atoms with E-state index >= 15 is 0 Å². The Morgan fingerprint density at radius 1 is 1.17 bits per heavy atom. The van der Waals surface area contributed by atoms with Crippen molar-refractivity contribution in [3.63, 3.8) is 0 Å². The van der Waals surface area contributed by atoms with Crippen LogP contribution >= 0.6 is 0 Å². The summed E-state index contributed by atoms with van der Waals surface area (Å²) >= 11 is 0. The molecule has 2 N–H and O–H groups in total. The maximum atomic E-state index is 5.20. The summed E-state index contributed by atoms with van der Waals surface area (Å²) in [6, 6.07) is 10.5. The molecule has 0 aliphatic carbocycles. The Balaban J connectivity index is 1.84. The van der Waals surface area contributed by atoms with Gasteiger partial charge in [0.05, 0.1) is 5.69 Å². The van der Waals surface area contributed by atoms with Crippen LogP contribution in [0.25, 0.3) is 0 Å². The van der Waals surface area contributed by atoms with Crippen molar-refractivity contribution in [1.29, 1.82) is 0 Å².